The van der Waals surface area contributed by atoms with E-state index in [0.717, 1.165) is 48.2 Å². The summed E-state index contributed by atoms with van der Waals surface area (Å²) in [6.07, 6.45) is 3.20. The maximum absolute atomic E-state index is 5.73. The minimum atomic E-state index is -1.54. The van der Waals surface area contributed by atoms with Crippen molar-refractivity contribution in [3.05, 3.63) is 30.3 Å². The Hall–Kier alpha value is -1.20. The van der Waals surface area contributed by atoms with E-state index < -0.39 is 8.07 Å². The molecule has 1 nitrogen and oxygen atoms in total. The zero-order valence-electron chi connectivity index (χ0n) is 15.9. The number of hydrogen-bond acceptors (Lipinski definition) is 1. The largest absolute Gasteiger partial charge is 0.494 e. The molecule has 0 saturated heterocycles. The van der Waals surface area contributed by atoms with Crippen LogP contribution in [0.15, 0.2) is 30.3 Å². The van der Waals surface area contributed by atoms with E-state index in [9.17, 15) is 0 Å². The lowest BCUT2D eigenvalue weighted by molar-refractivity contribution is 0.307. The summed E-state index contributed by atoms with van der Waals surface area (Å²) < 4.78 is 5.73. The SMILES string of the molecule is CC(C)[Si](C#CCCCCOc1ccccc1)(C(C)C)C(C)C. The first-order chi connectivity index (χ1) is 10.9. The Labute approximate surface area is 144 Å². The first kappa shape index (κ1) is 19.8. The van der Waals surface area contributed by atoms with Gasteiger partial charge in [-0.05, 0) is 41.6 Å². The monoisotopic (exact) mass is 330 g/mol. The van der Waals surface area contributed by atoms with Crippen LogP contribution < -0.4 is 4.74 Å². The van der Waals surface area contributed by atoms with Gasteiger partial charge in [-0.25, -0.2) is 0 Å². The molecule has 23 heavy (non-hydrogen) atoms. The third-order valence-corrected chi connectivity index (χ3v) is 11.2. The molecule has 0 aliphatic rings. The Kier molecular flexibility index (Phi) is 8.48. The molecule has 0 atom stereocenters. The Morgan fingerprint density at radius 2 is 1.43 bits per heavy atom. The van der Waals surface area contributed by atoms with Crippen molar-refractivity contribution in [2.24, 2.45) is 0 Å². The number of unbranched alkanes of at least 4 members (excludes halogenated alkanes) is 2. The van der Waals surface area contributed by atoms with Gasteiger partial charge in [0, 0.05) is 6.42 Å². The first-order valence-corrected chi connectivity index (χ1v) is 11.3. The second-order valence-corrected chi connectivity index (χ2v) is 12.9. The Bertz CT molecular complexity index is 472. The number of benzene rings is 1. The molecule has 0 N–H and O–H groups in total. The van der Waals surface area contributed by atoms with Crippen molar-refractivity contribution >= 4 is 8.07 Å². The van der Waals surface area contributed by atoms with Crippen molar-refractivity contribution in [2.75, 3.05) is 6.61 Å². The molecule has 1 rings (SSSR count). The van der Waals surface area contributed by atoms with Crippen LogP contribution in [0.5, 0.6) is 5.75 Å². The van der Waals surface area contributed by atoms with Gasteiger partial charge in [-0.2, -0.15) is 0 Å². The van der Waals surface area contributed by atoms with Gasteiger partial charge in [0.1, 0.15) is 13.8 Å². The van der Waals surface area contributed by atoms with Gasteiger partial charge in [-0.1, -0.05) is 59.7 Å². The Balaban J connectivity index is 2.43. The summed E-state index contributed by atoms with van der Waals surface area (Å²) in [6.45, 7) is 15.0. The quantitative estimate of drug-likeness (QED) is 0.302. The maximum Gasteiger partial charge on any atom is 0.145 e. The van der Waals surface area contributed by atoms with Crippen LogP contribution in [0, 0.1) is 11.5 Å². The van der Waals surface area contributed by atoms with Crippen LogP contribution in [0.25, 0.3) is 0 Å². The predicted molar refractivity (Wildman–Crippen MR) is 105 cm³/mol. The lowest BCUT2D eigenvalue weighted by atomic mass is 10.2. The zero-order chi connectivity index (χ0) is 17.3. The minimum Gasteiger partial charge on any atom is -0.494 e. The van der Waals surface area contributed by atoms with Gasteiger partial charge in [-0.3, -0.25) is 0 Å². The highest BCUT2D eigenvalue weighted by molar-refractivity contribution is 6.90. The fourth-order valence-electron chi connectivity index (χ4n) is 3.67. The molecule has 0 heterocycles. The highest BCUT2D eigenvalue weighted by atomic mass is 28.3. The van der Waals surface area contributed by atoms with E-state index in [1.807, 2.05) is 30.3 Å². The molecular formula is C21H34OSi. The van der Waals surface area contributed by atoms with Gasteiger partial charge >= 0.3 is 0 Å². The van der Waals surface area contributed by atoms with Crippen molar-refractivity contribution in [1.82, 2.24) is 0 Å². The molecule has 1 aromatic rings. The molecule has 1 aromatic carbocycles. The topological polar surface area (TPSA) is 9.23 Å². The van der Waals surface area contributed by atoms with E-state index in [2.05, 4.69) is 53.0 Å². The van der Waals surface area contributed by atoms with Gasteiger partial charge < -0.3 is 4.74 Å². The van der Waals surface area contributed by atoms with Crippen LogP contribution in [0.2, 0.25) is 16.6 Å². The molecule has 128 valence electrons. The van der Waals surface area contributed by atoms with Crippen molar-refractivity contribution in [3.8, 4) is 17.2 Å². The number of hydrogen-bond donors (Lipinski definition) is 0. The van der Waals surface area contributed by atoms with Crippen molar-refractivity contribution in [2.45, 2.75) is 77.4 Å². The number of rotatable bonds is 8. The van der Waals surface area contributed by atoms with Gasteiger partial charge in [0.05, 0.1) is 6.61 Å². The Morgan fingerprint density at radius 1 is 0.870 bits per heavy atom. The molecular weight excluding hydrogens is 296 g/mol. The molecule has 0 aliphatic heterocycles. The average molecular weight is 331 g/mol. The fourth-order valence-corrected chi connectivity index (χ4v) is 8.97. The van der Waals surface area contributed by atoms with Crippen molar-refractivity contribution in [1.29, 1.82) is 0 Å². The molecule has 2 heteroatoms. The van der Waals surface area contributed by atoms with Gasteiger partial charge in [0.2, 0.25) is 0 Å². The summed E-state index contributed by atoms with van der Waals surface area (Å²) in [5.74, 6) is 4.49. The third kappa shape index (κ3) is 5.73. The second kappa shape index (κ2) is 9.83. The lowest BCUT2D eigenvalue weighted by Gasteiger charge is -2.38. The van der Waals surface area contributed by atoms with E-state index in [1.165, 1.54) is 0 Å². The Morgan fingerprint density at radius 3 is 1.96 bits per heavy atom. The number of para-hydroxylation sites is 1. The molecule has 0 saturated carbocycles. The molecule has 0 aliphatic carbocycles. The normalized spacial score (nSPS) is 11.7. The predicted octanol–water partition coefficient (Wildman–Crippen LogP) is 6.46. The summed E-state index contributed by atoms with van der Waals surface area (Å²) in [4.78, 5) is 0. The zero-order valence-corrected chi connectivity index (χ0v) is 16.9. The van der Waals surface area contributed by atoms with Crippen LogP contribution in [0.1, 0.15) is 60.8 Å². The molecule has 0 bridgehead atoms. The minimum absolute atomic E-state index is 0.719. The molecule has 0 fully saturated rings. The lowest BCUT2D eigenvalue weighted by Crippen LogP contribution is -2.43. The second-order valence-electron chi connectivity index (χ2n) is 7.32. The molecule has 0 amide bonds. The number of ether oxygens (including phenoxy) is 1. The van der Waals surface area contributed by atoms with E-state index in [4.69, 9.17) is 4.74 Å². The summed E-state index contributed by atoms with van der Waals surface area (Å²) in [5.41, 5.74) is 5.94. The van der Waals surface area contributed by atoms with E-state index in [0.29, 0.717) is 0 Å². The standard InChI is InChI=1S/C21H34OSi/c1-18(2)23(19(3)4,20(5)6)17-13-8-7-12-16-22-21-14-10-9-11-15-21/h9-11,14-15,18-20H,7-8,12,16H2,1-6H3. The molecule has 0 aromatic heterocycles. The summed E-state index contributed by atoms with van der Waals surface area (Å²) >= 11 is 0. The molecule has 0 unspecified atom stereocenters. The van der Waals surface area contributed by atoms with Gasteiger partial charge in [0.15, 0.2) is 0 Å². The highest BCUT2D eigenvalue weighted by Gasteiger charge is 2.41. The van der Waals surface area contributed by atoms with E-state index in [1.54, 1.807) is 0 Å². The van der Waals surface area contributed by atoms with E-state index in [-0.39, 0.29) is 0 Å². The fraction of sp³-hybridized carbons (Fsp3) is 0.619. The summed E-state index contributed by atoms with van der Waals surface area (Å²) in [5, 5.41) is 0. The molecule has 0 spiro atoms. The molecule has 0 radical (unpaired) electrons. The summed E-state index contributed by atoms with van der Waals surface area (Å²) in [7, 11) is -1.54. The van der Waals surface area contributed by atoms with Gasteiger partial charge in [0.25, 0.3) is 0 Å². The first-order valence-electron chi connectivity index (χ1n) is 9.09. The summed E-state index contributed by atoms with van der Waals surface area (Å²) in [6, 6.07) is 10.0. The smallest absolute Gasteiger partial charge is 0.145 e. The van der Waals surface area contributed by atoms with Crippen molar-refractivity contribution < 1.29 is 4.74 Å². The van der Waals surface area contributed by atoms with Crippen LogP contribution in [-0.4, -0.2) is 14.7 Å². The highest BCUT2D eigenvalue weighted by Crippen LogP contribution is 2.40. The third-order valence-electron chi connectivity index (χ3n) is 4.88. The van der Waals surface area contributed by atoms with Crippen molar-refractivity contribution in [3.63, 3.8) is 0 Å². The van der Waals surface area contributed by atoms with Crippen LogP contribution in [0.3, 0.4) is 0 Å². The van der Waals surface area contributed by atoms with Gasteiger partial charge in [-0.15, -0.1) is 11.5 Å². The van der Waals surface area contributed by atoms with E-state index >= 15 is 0 Å². The van der Waals surface area contributed by atoms with Crippen LogP contribution >= 0.6 is 0 Å². The average Bonchev–Trinajstić information content (AvgIpc) is 2.50. The van der Waals surface area contributed by atoms with Crippen LogP contribution in [0.4, 0.5) is 0 Å². The maximum atomic E-state index is 5.73. The van der Waals surface area contributed by atoms with Crippen LogP contribution in [-0.2, 0) is 0 Å².